The Morgan fingerprint density at radius 3 is 2.37 bits per heavy atom. The van der Waals surface area contributed by atoms with Crippen LogP contribution < -0.4 is 0 Å². The Labute approximate surface area is 107 Å². The molecule has 0 aliphatic rings. The van der Waals surface area contributed by atoms with E-state index in [0.29, 0.717) is 0 Å². The number of aromatic nitrogens is 1. The standard InChI is InChI=1S/C11H14F3NO4/c1-18-9(19-2)7(16)6-10(17,11(12,13)14)8-4-3-5-15-8/h3-5,9,15,17H,6H2,1-2H3/t10-/m1/s1. The first-order valence-electron chi connectivity index (χ1n) is 5.27. The van der Waals surface area contributed by atoms with Gasteiger partial charge in [-0.25, -0.2) is 0 Å². The molecule has 0 unspecified atom stereocenters. The predicted octanol–water partition coefficient (Wildman–Crippen LogP) is 1.34. The summed E-state index contributed by atoms with van der Waals surface area (Å²) in [6, 6.07) is 2.34. The van der Waals surface area contributed by atoms with Crippen LogP contribution in [0.25, 0.3) is 0 Å². The first kappa shape index (κ1) is 15.7. The fourth-order valence-corrected chi connectivity index (χ4v) is 1.63. The summed E-state index contributed by atoms with van der Waals surface area (Å²) in [5, 5.41) is 9.83. The molecule has 5 nitrogen and oxygen atoms in total. The lowest BCUT2D eigenvalue weighted by Crippen LogP contribution is -2.46. The van der Waals surface area contributed by atoms with Gasteiger partial charge in [-0.15, -0.1) is 0 Å². The molecule has 0 aliphatic heterocycles. The van der Waals surface area contributed by atoms with Gasteiger partial charge in [0.25, 0.3) is 0 Å². The van der Waals surface area contributed by atoms with Crippen molar-refractivity contribution < 1.29 is 32.5 Å². The average molecular weight is 281 g/mol. The maximum absolute atomic E-state index is 13.0. The molecule has 1 heterocycles. The Hall–Kier alpha value is -1.38. The van der Waals surface area contributed by atoms with E-state index in [1.165, 1.54) is 12.3 Å². The van der Waals surface area contributed by atoms with E-state index < -0.39 is 36.0 Å². The number of ether oxygens (including phenoxy) is 2. The number of hydrogen-bond acceptors (Lipinski definition) is 4. The topological polar surface area (TPSA) is 71.6 Å². The maximum Gasteiger partial charge on any atom is 0.423 e. The van der Waals surface area contributed by atoms with Gasteiger partial charge in [0.2, 0.25) is 11.9 Å². The number of hydrogen-bond donors (Lipinski definition) is 2. The lowest BCUT2D eigenvalue weighted by molar-refractivity contribution is -0.270. The number of alkyl halides is 3. The highest BCUT2D eigenvalue weighted by molar-refractivity contribution is 5.83. The highest BCUT2D eigenvalue weighted by Gasteiger charge is 2.57. The van der Waals surface area contributed by atoms with E-state index in [1.54, 1.807) is 0 Å². The predicted molar refractivity (Wildman–Crippen MR) is 58.2 cm³/mol. The zero-order valence-corrected chi connectivity index (χ0v) is 10.3. The minimum Gasteiger partial charge on any atom is -0.375 e. The summed E-state index contributed by atoms with van der Waals surface area (Å²) >= 11 is 0. The largest absolute Gasteiger partial charge is 0.423 e. The van der Waals surface area contributed by atoms with Crippen LogP contribution in [0.5, 0.6) is 0 Å². The molecule has 2 N–H and O–H groups in total. The number of carbonyl (C=O) groups excluding carboxylic acids is 1. The first-order chi connectivity index (χ1) is 8.76. The van der Waals surface area contributed by atoms with Gasteiger partial charge in [-0.1, -0.05) is 0 Å². The molecule has 0 aromatic carbocycles. The van der Waals surface area contributed by atoms with Gasteiger partial charge in [0, 0.05) is 20.4 Å². The highest BCUT2D eigenvalue weighted by Crippen LogP contribution is 2.41. The average Bonchev–Trinajstić information content (AvgIpc) is 2.82. The number of aliphatic hydroxyl groups is 1. The number of rotatable bonds is 6. The van der Waals surface area contributed by atoms with Crippen LogP contribution in [-0.2, 0) is 19.9 Å². The monoisotopic (exact) mass is 281 g/mol. The molecule has 0 fully saturated rings. The molecule has 8 heteroatoms. The molecule has 0 aliphatic carbocycles. The van der Waals surface area contributed by atoms with E-state index in [-0.39, 0.29) is 0 Å². The van der Waals surface area contributed by atoms with Gasteiger partial charge < -0.3 is 19.6 Å². The third kappa shape index (κ3) is 3.14. The van der Waals surface area contributed by atoms with Gasteiger partial charge in [0.05, 0.1) is 12.1 Å². The molecule has 1 aromatic rings. The fourth-order valence-electron chi connectivity index (χ4n) is 1.63. The lowest BCUT2D eigenvalue weighted by atomic mass is 9.92. The van der Waals surface area contributed by atoms with Crippen LogP contribution in [0.15, 0.2) is 18.3 Å². The summed E-state index contributed by atoms with van der Waals surface area (Å²) in [5.74, 6) is -1.01. The number of aromatic amines is 1. The number of H-pyrrole nitrogens is 1. The van der Waals surface area contributed by atoms with E-state index in [1.807, 2.05) is 0 Å². The van der Waals surface area contributed by atoms with Crippen LogP contribution in [0.2, 0.25) is 0 Å². The molecule has 0 radical (unpaired) electrons. The molecule has 19 heavy (non-hydrogen) atoms. The second-order valence-electron chi connectivity index (χ2n) is 3.89. The van der Waals surface area contributed by atoms with Gasteiger partial charge in [0.15, 0.2) is 5.78 Å². The van der Waals surface area contributed by atoms with Crippen molar-refractivity contribution in [3.8, 4) is 0 Å². The quantitative estimate of drug-likeness (QED) is 0.772. The van der Waals surface area contributed by atoms with Crippen LogP contribution in [0.1, 0.15) is 12.1 Å². The number of methoxy groups -OCH3 is 2. The number of Topliss-reactive ketones (excluding diaryl/α,β-unsaturated/α-hetero) is 1. The summed E-state index contributed by atoms with van der Waals surface area (Å²) in [6.07, 6.45) is -6.45. The Morgan fingerprint density at radius 1 is 1.42 bits per heavy atom. The summed E-state index contributed by atoms with van der Waals surface area (Å²) in [7, 11) is 2.24. The van der Waals surface area contributed by atoms with E-state index in [4.69, 9.17) is 0 Å². The first-order valence-corrected chi connectivity index (χ1v) is 5.27. The summed E-state index contributed by atoms with van der Waals surface area (Å²) in [6.45, 7) is 0. The molecule has 0 saturated heterocycles. The van der Waals surface area contributed by atoms with E-state index >= 15 is 0 Å². The Kier molecular flexibility index (Phi) is 4.72. The van der Waals surface area contributed by atoms with Crippen molar-refractivity contribution in [3.63, 3.8) is 0 Å². The molecule has 0 spiro atoms. The Bertz CT molecular complexity index is 414. The number of ketones is 1. The van der Waals surface area contributed by atoms with Gasteiger partial charge in [0.1, 0.15) is 0 Å². The number of halogens is 3. The fraction of sp³-hybridized carbons (Fsp3) is 0.545. The minimum atomic E-state index is -5.01. The van der Waals surface area contributed by atoms with E-state index in [9.17, 15) is 23.1 Å². The van der Waals surface area contributed by atoms with Crippen molar-refractivity contribution in [2.75, 3.05) is 14.2 Å². The second-order valence-corrected chi connectivity index (χ2v) is 3.89. The van der Waals surface area contributed by atoms with Crippen LogP contribution in [0.4, 0.5) is 13.2 Å². The van der Waals surface area contributed by atoms with E-state index in [0.717, 1.165) is 20.3 Å². The highest BCUT2D eigenvalue weighted by atomic mass is 19.4. The summed E-state index contributed by atoms with van der Waals surface area (Å²) in [4.78, 5) is 13.9. The third-order valence-electron chi connectivity index (χ3n) is 2.63. The molecule has 1 aromatic heterocycles. The van der Waals surface area contributed by atoms with Gasteiger partial charge in [-0.2, -0.15) is 13.2 Å². The van der Waals surface area contributed by atoms with Crippen molar-refractivity contribution >= 4 is 5.78 Å². The lowest BCUT2D eigenvalue weighted by Gasteiger charge is -2.30. The molecular weight excluding hydrogens is 267 g/mol. The van der Waals surface area contributed by atoms with Crippen LogP contribution >= 0.6 is 0 Å². The third-order valence-corrected chi connectivity index (χ3v) is 2.63. The minimum absolute atomic E-state index is 0.515. The van der Waals surface area contributed by atoms with Gasteiger partial charge in [-0.05, 0) is 12.1 Å². The number of nitrogens with one attached hydrogen (secondary N) is 1. The smallest absolute Gasteiger partial charge is 0.375 e. The van der Waals surface area contributed by atoms with Crippen molar-refractivity contribution in [2.24, 2.45) is 0 Å². The van der Waals surface area contributed by atoms with Gasteiger partial charge in [-0.3, -0.25) is 4.79 Å². The molecule has 0 saturated carbocycles. The normalized spacial score (nSPS) is 15.5. The summed E-state index contributed by atoms with van der Waals surface area (Å²) < 4.78 is 48.1. The molecule has 0 bridgehead atoms. The zero-order chi connectivity index (χ0) is 14.7. The maximum atomic E-state index is 13.0. The Morgan fingerprint density at radius 2 is 2.00 bits per heavy atom. The van der Waals surface area contributed by atoms with Gasteiger partial charge >= 0.3 is 6.18 Å². The van der Waals surface area contributed by atoms with Crippen molar-refractivity contribution in [3.05, 3.63) is 24.0 Å². The SMILES string of the molecule is COC(OC)C(=O)C[C@@](O)(c1ccc[nH]1)C(F)(F)F. The van der Waals surface area contributed by atoms with Crippen molar-refractivity contribution in [1.29, 1.82) is 0 Å². The van der Waals surface area contributed by atoms with Crippen molar-refractivity contribution in [2.45, 2.75) is 24.5 Å². The molecular formula is C11H14F3NO4. The Balaban J connectivity index is 3.04. The van der Waals surface area contributed by atoms with Crippen LogP contribution in [-0.4, -0.2) is 42.6 Å². The zero-order valence-electron chi connectivity index (χ0n) is 10.3. The molecule has 108 valence electrons. The number of carbonyl (C=O) groups is 1. The van der Waals surface area contributed by atoms with E-state index in [2.05, 4.69) is 14.5 Å². The summed E-state index contributed by atoms with van der Waals surface area (Å²) in [5.41, 5.74) is -3.82. The second kappa shape index (κ2) is 5.72. The molecule has 1 atom stereocenters. The van der Waals surface area contributed by atoms with Crippen LogP contribution in [0, 0.1) is 0 Å². The van der Waals surface area contributed by atoms with Crippen LogP contribution in [0.3, 0.4) is 0 Å². The molecule has 0 amide bonds. The molecule has 1 rings (SSSR count). The van der Waals surface area contributed by atoms with Crippen molar-refractivity contribution in [1.82, 2.24) is 4.98 Å².